The topological polar surface area (TPSA) is 88.7 Å². The molecule has 1 unspecified atom stereocenters. The molecule has 7 nitrogen and oxygen atoms in total. The van der Waals surface area contributed by atoms with Crippen LogP contribution in [0.3, 0.4) is 0 Å². The second-order valence-corrected chi connectivity index (χ2v) is 6.82. The molecular formula is C22H27N3O4. The first kappa shape index (κ1) is 20.7. The Bertz CT molecular complexity index is 817. The summed E-state index contributed by atoms with van der Waals surface area (Å²) in [5, 5.41) is 8.73. The van der Waals surface area contributed by atoms with Gasteiger partial charge in [-0.3, -0.25) is 9.59 Å². The van der Waals surface area contributed by atoms with E-state index in [1.54, 1.807) is 19.1 Å². The quantitative estimate of drug-likeness (QED) is 0.601. The molecule has 0 aliphatic carbocycles. The fourth-order valence-corrected chi connectivity index (χ4v) is 2.95. The summed E-state index contributed by atoms with van der Waals surface area (Å²) < 4.78 is 11.4. The van der Waals surface area contributed by atoms with E-state index < -0.39 is 0 Å². The Hall–Kier alpha value is -3.06. The van der Waals surface area contributed by atoms with E-state index in [0.29, 0.717) is 24.5 Å². The fourth-order valence-electron chi connectivity index (χ4n) is 2.95. The average molecular weight is 397 g/mol. The smallest absolute Gasteiger partial charge is 0.243 e. The van der Waals surface area contributed by atoms with Crippen molar-refractivity contribution in [2.75, 3.05) is 35.7 Å². The molecule has 0 spiro atoms. The van der Waals surface area contributed by atoms with Gasteiger partial charge < -0.3 is 25.4 Å². The maximum Gasteiger partial charge on any atom is 0.243 e. The fraction of sp³-hybridized carbons (Fsp3) is 0.364. The van der Waals surface area contributed by atoms with Crippen molar-refractivity contribution in [3.8, 4) is 5.75 Å². The van der Waals surface area contributed by atoms with E-state index in [1.807, 2.05) is 36.4 Å². The van der Waals surface area contributed by atoms with Crippen molar-refractivity contribution in [3.05, 3.63) is 48.5 Å². The molecule has 0 bridgehead atoms. The molecule has 1 saturated heterocycles. The van der Waals surface area contributed by atoms with Gasteiger partial charge in [0.25, 0.3) is 0 Å². The summed E-state index contributed by atoms with van der Waals surface area (Å²) in [6.07, 6.45) is 2.60. The van der Waals surface area contributed by atoms with E-state index in [2.05, 4.69) is 16.0 Å². The standard InChI is InChI=1S/C22H27N3O4/c1-2-21(26)24-17-11-9-16(10-12-17)23-14-22(27)25-19-7-3-4-8-20(19)29-15-18-6-5-13-28-18/h3-4,7-12,18,23H,2,5-6,13-15H2,1H3,(H,24,26)(H,25,27). The zero-order chi connectivity index (χ0) is 20.5. The number of benzene rings is 2. The molecule has 2 aromatic carbocycles. The molecule has 0 radical (unpaired) electrons. The second-order valence-electron chi connectivity index (χ2n) is 6.82. The minimum absolute atomic E-state index is 0.0366. The predicted molar refractivity (Wildman–Crippen MR) is 113 cm³/mol. The van der Waals surface area contributed by atoms with Gasteiger partial charge in [0.05, 0.1) is 18.3 Å². The minimum atomic E-state index is -0.179. The van der Waals surface area contributed by atoms with E-state index in [1.165, 1.54) is 0 Å². The third-order valence-electron chi connectivity index (χ3n) is 4.55. The average Bonchev–Trinajstić information content (AvgIpc) is 3.26. The lowest BCUT2D eigenvalue weighted by atomic mass is 10.2. The van der Waals surface area contributed by atoms with Crippen molar-refractivity contribution in [1.82, 2.24) is 0 Å². The number of ether oxygens (including phenoxy) is 2. The van der Waals surface area contributed by atoms with Crippen molar-refractivity contribution >= 4 is 28.9 Å². The number of para-hydroxylation sites is 2. The van der Waals surface area contributed by atoms with Gasteiger partial charge in [0.2, 0.25) is 11.8 Å². The van der Waals surface area contributed by atoms with Crippen LogP contribution in [0.2, 0.25) is 0 Å². The molecule has 2 aromatic rings. The Labute approximate surface area is 170 Å². The van der Waals surface area contributed by atoms with E-state index >= 15 is 0 Å². The molecule has 1 aliphatic rings. The van der Waals surface area contributed by atoms with Gasteiger partial charge in [0.1, 0.15) is 12.4 Å². The van der Waals surface area contributed by atoms with E-state index in [4.69, 9.17) is 9.47 Å². The van der Waals surface area contributed by atoms with E-state index in [9.17, 15) is 9.59 Å². The molecule has 0 aromatic heterocycles. The number of nitrogens with one attached hydrogen (secondary N) is 3. The van der Waals surface area contributed by atoms with Crippen LogP contribution in [0.15, 0.2) is 48.5 Å². The van der Waals surface area contributed by atoms with Crippen LogP contribution in [0.1, 0.15) is 26.2 Å². The molecule has 3 rings (SSSR count). The lowest BCUT2D eigenvalue weighted by Crippen LogP contribution is -2.22. The number of anilines is 3. The van der Waals surface area contributed by atoms with Crippen LogP contribution >= 0.6 is 0 Å². The van der Waals surface area contributed by atoms with Gasteiger partial charge in [-0.05, 0) is 49.2 Å². The SMILES string of the molecule is CCC(=O)Nc1ccc(NCC(=O)Nc2ccccc2OCC2CCCO2)cc1. The Morgan fingerprint density at radius 3 is 2.52 bits per heavy atom. The van der Waals surface area contributed by atoms with Crippen molar-refractivity contribution in [3.63, 3.8) is 0 Å². The normalized spacial score (nSPS) is 15.6. The third-order valence-corrected chi connectivity index (χ3v) is 4.55. The van der Waals surface area contributed by atoms with Crippen LogP contribution in [0.25, 0.3) is 0 Å². The summed E-state index contributed by atoms with van der Waals surface area (Å²) in [6, 6.07) is 14.6. The highest BCUT2D eigenvalue weighted by Gasteiger charge is 2.17. The maximum atomic E-state index is 12.3. The van der Waals surface area contributed by atoms with E-state index in [-0.39, 0.29) is 24.5 Å². The summed E-state index contributed by atoms with van der Waals surface area (Å²) in [7, 11) is 0. The van der Waals surface area contributed by atoms with Gasteiger partial charge in [-0.15, -0.1) is 0 Å². The van der Waals surface area contributed by atoms with Crippen molar-refractivity contribution in [2.24, 2.45) is 0 Å². The first-order chi connectivity index (χ1) is 14.1. The summed E-state index contributed by atoms with van der Waals surface area (Å²) >= 11 is 0. The van der Waals surface area contributed by atoms with Crippen LogP contribution < -0.4 is 20.7 Å². The lowest BCUT2D eigenvalue weighted by molar-refractivity contribution is -0.116. The molecular weight excluding hydrogens is 370 g/mol. The van der Waals surface area contributed by atoms with Gasteiger partial charge in [-0.1, -0.05) is 19.1 Å². The molecule has 2 amide bonds. The highest BCUT2D eigenvalue weighted by atomic mass is 16.5. The highest BCUT2D eigenvalue weighted by Crippen LogP contribution is 2.25. The first-order valence-corrected chi connectivity index (χ1v) is 9.91. The number of amides is 2. The summed E-state index contributed by atoms with van der Waals surface area (Å²) in [5.74, 6) is 0.416. The number of hydrogen-bond acceptors (Lipinski definition) is 5. The number of carbonyl (C=O) groups is 2. The van der Waals surface area contributed by atoms with Crippen LogP contribution in [-0.2, 0) is 14.3 Å². The van der Waals surface area contributed by atoms with Gasteiger partial charge in [-0.2, -0.15) is 0 Å². The van der Waals surface area contributed by atoms with Crippen LogP contribution in [0.5, 0.6) is 5.75 Å². The zero-order valence-corrected chi connectivity index (χ0v) is 16.6. The van der Waals surface area contributed by atoms with Crippen molar-refractivity contribution in [1.29, 1.82) is 0 Å². The second kappa shape index (κ2) is 10.5. The largest absolute Gasteiger partial charge is 0.489 e. The van der Waals surface area contributed by atoms with E-state index in [0.717, 1.165) is 30.8 Å². The molecule has 1 fully saturated rings. The number of carbonyl (C=O) groups excluding carboxylic acids is 2. The van der Waals surface area contributed by atoms with Crippen molar-refractivity contribution < 1.29 is 19.1 Å². The monoisotopic (exact) mass is 397 g/mol. The molecule has 1 aliphatic heterocycles. The first-order valence-electron chi connectivity index (χ1n) is 9.91. The summed E-state index contributed by atoms with van der Waals surface area (Å²) in [4.78, 5) is 23.7. The lowest BCUT2D eigenvalue weighted by Gasteiger charge is -2.15. The Balaban J connectivity index is 1.48. The van der Waals surface area contributed by atoms with Gasteiger partial charge in [0.15, 0.2) is 0 Å². The predicted octanol–water partition coefficient (Wildman–Crippen LogP) is 3.64. The molecule has 29 heavy (non-hydrogen) atoms. The third kappa shape index (κ3) is 6.50. The Morgan fingerprint density at radius 2 is 1.79 bits per heavy atom. The van der Waals surface area contributed by atoms with Crippen LogP contribution in [0.4, 0.5) is 17.1 Å². The molecule has 3 N–H and O–H groups in total. The number of rotatable bonds is 9. The summed E-state index contributed by atoms with van der Waals surface area (Å²) in [6.45, 7) is 3.17. The van der Waals surface area contributed by atoms with Crippen LogP contribution in [0, 0.1) is 0 Å². The maximum absolute atomic E-state index is 12.3. The molecule has 1 heterocycles. The molecule has 7 heteroatoms. The molecule has 0 saturated carbocycles. The molecule has 1 atom stereocenters. The summed E-state index contributed by atoms with van der Waals surface area (Å²) in [5.41, 5.74) is 2.15. The van der Waals surface area contributed by atoms with Gasteiger partial charge in [0, 0.05) is 24.4 Å². The molecule has 154 valence electrons. The highest BCUT2D eigenvalue weighted by molar-refractivity contribution is 5.95. The Kier molecular flexibility index (Phi) is 7.47. The van der Waals surface area contributed by atoms with Crippen LogP contribution in [-0.4, -0.2) is 37.7 Å². The minimum Gasteiger partial charge on any atom is -0.489 e. The zero-order valence-electron chi connectivity index (χ0n) is 16.6. The van der Waals surface area contributed by atoms with Crippen molar-refractivity contribution in [2.45, 2.75) is 32.3 Å². The number of hydrogen-bond donors (Lipinski definition) is 3. The Morgan fingerprint density at radius 1 is 1.03 bits per heavy atom. The van der Waals surface area contributed by atoms with Gasteiger partial charge >= 0.3 is 0 Å². The van der Waals surface area contributed by atoms with Gasteiger partial charge in [-0.25, -0.2) is 0 Å².